The van der Waals surface area contributed by atoms with Gasteiger partial charge in [0.05, 0.1) is 0 Å². The molecule has 2 N–H and O–H groups in total. The topological polar surface area (TPSA) is 41.1 Å². The molecule has 5 heteroatoms. The van der Waals surface area contributed by atoms with Crippen LogP contribution in [0.4, 0.5) is 5.69 Å². The van der Waals surface area contributed by atoms with E-state index in [0.717, 1.165) is 30.2 Å². The second-order valence-electron chi connectivity index (χ2n) is 6.18. The number of nitrogens with one attached hydrogen (secondary N) is 2. The number of benzene rings is 2. The first-order valence-corrected chi connectivity index (χ1v) is 9.27. The summed E-state index contributed by atoms with van der Waals surface area (Å²) >= 11 is 1.92. The molecule has 1 fully saturated rings. The summed E-state index contributed by atoms with van der Waals surface area (Å²) in [5.41, 5.74) is 6.20. The van der Waals surface area contributed by atoms with E-state index in [2.05, 4.69) is 47.0 Å². The molecule has 1 aliphatic carbocycles. The first-order valence-electron chi connectivity index (χ1n) is 8.12. The van der Waals surface area contributed by atoms with Gasteiger partial charge in [-0.05, 0) is 40.8 Å². The lowest BCUT2D eigenvalue weighted by Crippen LogP contribution is -2.39. The SMILES string of the molecule is Cl.O=C(CC1CSCCN1)Nc1ccc2c(c1)Cc1ccccc1-2. The van der Waals surface area contributed by atoms with Gasteiger partial charge in [0.25, 0.3) is 0 Å². The molecule has 0 bridgehead atoms. The number of carbonyl (C=O) groups excluding carboxylic acids is 1. The number of anilines is 1. The second kappa shape index (κ2) is 7.60. The minimum Gasteiger partial charge on any atom is -0.326 e. The fourth-order valence-corrected chi connectivity index (χ4v) is 4.36. The maximum Gasteiger partial charge on any atom is 0.225 e. The number of hydrogen-bond donors (Lipinski definition) is 2. The van der Waals surface area contributed by atoms with Crippen LogP contribution >= 0.6 is 24.2 Å². The normalized spacial score (nSPS) is 18.2. The van der Waals surface area contributed by atoms with E-state index in [1.54, 1.807) is 0 Å². The summed E-state index contributed by atoms with van der Waals surface area (Å²) in [6, 6.07) is 15.1. The third-order valence-electron chi connectivity index (χ3n) is 4.51. The van der Waals surface area contributed by atoms with E-state index in [1.165, 1.54) is 22.3 Å². The molecule has 1 aliphatic heterocycles. The van der Waals surface area contributed by atoms with Crippen LogP contribution in [-0.2, 0) is 11.2 Å². The Bertz CT molecular complexity index is 744. The Balaban J connectivity index is 0.00000169. The molecule has 3 nitrogen and oxygen atoms in total. The summed E-state index contributed by atoms with van der Waals surface area (Å²) in [4.78, 5) is 12.2. The molecule has 1 unspecified atom stereocenters. The molecule has 0 spiro atoms. The Morgan fingerprint density at radius 2 is 2.00 bits per heavy atom. The van der Waals surface area contributed by atoms with Crippen molar-refractivity contribution in [2.45, 2.75) is 18.9 Å². The van der Waals surface area contributed by atoms with Crippen LogP contribution in [0, 0.1) is 0 Å². The Hall–Kier alpha value is -1.49. The number of amides is 1. The predicted octanol–water partition coefficient (Wildman–Crippen LogP) is 3.71. The summed E-state index contributed by atoms with van der Waals surface area (Å²) < 4.78 is 0. The van der Waals surface area contributed by atoms with E-state index in [9.17, 15) is 4.79 Å². The van der Waals surface area contributed by atoms with Gasteiger partial charge in [-0.25, -0.2) is 0 Å². The van der Waals surface area contributed by atoms with Crippen molar-refractivity contribution >= 4 is 35.8 Å². The first-order chi connectivity index (χ1) is 11.3. The lowest BCUT2D eigenvalue weighted by atomic mass is 10.1. The lowest BCUT2D eigenvalue weighted by Gasteiger charge is -2.22. The van der Waals surface area contributed by atoms with Gasteiger partial charge in [0.15, 0.2) is 0 Å². The molecule has 1 atom stereocenters. The summed E-state index contributed by atoms with van der Waals surface area (Å²) in [7, 11) is 0. The highest BCUT2D eigenvalue weighted by molar-refractivity contribution is 7.99. The average molecular weight is 361 g/mol. The number of hydrogen-bond acceptors (Lipinski definition) is 3. The monoisotopic (exact) mass is 360 g/mol. The maximum atomic E-state index is 12.2. The lowest BCUT2D eigenvalue weighted by molar-refractivity contribution is -0.116. The van der Waals surface area contributed by atoms with Crippen molar-refractivity contribution in [3.05, 3.63) is 53.6 Å². The van der Waals surface area contributed by atoms with Gasteiger partial charge in [-0.15, -0.1) is 12.4 Å². The van der Waals surface area contributed by atoms with Gasteiger partial charge in [-0.1, -0.05) is 30.3 Å². The van der Waals surface area contributed by atoms with Crippen LogP contribution in [0.1, 0.15) is 17.5 Å². The molecule has 24 heavy (non-hydrogen) atoms. The third-order valence-corrected chi connectivity index (χ3v) is 5.64. The van der Waals surface area contributed by atoms with Crippen LogP contribution in [0.25, 0.3) is 11.1 Å². The highest BCUT2D eigenvalue weighted by atomic mass is 35.5. The van der Waals surface area contributed by atoms with E-state index in [4.69, 9.17) is 0 Å². The van der Waals surface area contributed by atoms with Gasteiger partial charge in [-0.2, -0.15) is 11.8 Å². The molecule has 2 aromatic carbocycles. The van der Waals surface area contributed by atoms with Crippen molar-refractivity contribution in [2.24, 2.45) is 0 Å². The quantitative estimate of drug-likeness (QED) is 0.748. The van der Waals surface area contributed by atoms with Crippen LogP contribution in [-0.4, -0.2) is 30.0 Å². The van der Waals surface area contributed by atoms with Gasteiger partial charge < -0.3 is 10.6 Å². The molecule has 1 amide bonds. The van der Waals surface area contributed by atoms with Crippen molar-refractivity contribution in [2.75, 3.05) is 23.4 Å². The van der Waals surface area contributed by atoms with Gasteiger partial charge in [-0.3, -0.25) is 4.79 Å². The molecule has 0 aromatic heterocycles. The van der Waals surface area contributed by atoms with Gasteiger partial charge in [0.1, 0.15) is 0 Å². The second-order valence-corrected chi connectivity index (χ2v) is 7.33. The predicted molar refractivity (Wildman–Crippen MR) is 104 cm³/mol. The van der Waals surface area contributed by atoms with Crippen LogP contribution in [0.2, 0.25) is 0 Å². The van der Waals surface area contributed by atoms with Gasteiger partial charge >= 0.3 is 0 Å². The van der Waals surface area contributed by atoms with Crippen molar-refractivity contribution in [1.29, 1.82) is 0 Å². The molecule has 0 saturated carbocycles. The van der Waals surface area contributed by atoms with E-state index < -0.39 is 0 Å². The van der Waals surface area contributed by atoms with Gasteiger partial charge in [0, 0.05) is 36.2 Å². The van der Waals surface area contributed by atoms with E-state index in [-0.39, 0.29) is 18.3 Å². The van der Waals surface area contributed by atoms with E-state index in [0.29, 0.717) is 12.5 Å². The minimum atomic E-state index is 0. The minimum absolute atomic E-state index is 0. The molecule has 1 heterocycles. The Kier molecular flexibility index (Phi) is 5.49. The number of rotatable bonds is 3. The average Bonchev–Trinajstić information content (AvgIpc) is 2.93. The summed E-state index contributed by atoms with van der Waals surface area (Å²) in [5, 5.41) is 6.47. The standard InChI is InChI=1S/C19H20N2OS.ClH/c22-19(11-16-12-23-8-7-20-16)21-15-5-6-18-14(10-15)9-13-3-1-2-4-17(13)18;/h1-6,10,16,20H,7-9,11-12H2,(H,21,22);1H. The fourth-order valence-electron chi connectivity index (χ4n) is 3.41. The molecule has 1 saturated heterocycles. The molecule has 4 rings (SSSR count). The smallest absolute Gasteiger partial charge is 0.225 e. The number of fused-ring (bicyclic) bond motifs is 3. The van der Waals surface area contributed by atoms with E-state index in [1.807, 2.05) is 17.8 Å². The fraction of sp³-hybridized carbons (Fsp3) is 0.316. The first kappa shape index (κ1) is 17.3. The van der Waals surface area contributed by atoms with Crippen LogP contribution in [0.15, 0.2) is 42.5 Å². The molecule has 126 valence electrons. The maximum absolute atomic E-state index is 12.2. The van der Waals surface area contributed by atoms with Crippen molar-refractivity contribution in [1.82, 2.24) is 5.32 Å². The van der Waals surface area contributed by atoms with Crippen molar-refractivity contribution in [3.63, 3.8) is 0 Å². The zero-order chi connectivity index (χ0) is 15.6. The number of halogens is 1. The molecule has 2 aliphatic rings. The number of thioether (sulfide) groups is 1. The Morgan fingerprint density at radius 3 is 2.83 bits per heavy atom. The van der Waals surface area contributed by atoms with Crippen LogP contribution < -0.4 is 10.6 Å². The molecular weight excluding hydrogens is 340 g/mol. The zero-order valence-corrected chi connectivity index (χ0v) is 15.0. The zero-order valence-electron chi connectivity index (χ0n) is 13.4. The number of carbonyl (C=O) groups is 1. The van der Waals surface area contributed by atoms with Gasteiger partial charge in [0.2, 0.25) is 5.91 Å². The summed E-state index contributed by atoms with van der Waals surface area (Å²) in [6.45, 7) is 1.000. The van der Waals surface area contributed by atoms with E-state index >= 15 is 0 Å². The largest absolute Gasteiger partial charge is 0.326 e. The van der Waals surface area contributed by atoms with Crippen LogP contribution in [0.3, 0.4) is 0 Å². The summed E-state index contributed by atoms with van der Waals surface area (Å²) in [6.07, 6.45) is 1.50. The molecule has 0 radical (unpaired) electrons. The molecule has 2 aromatic rings. The molecular formula is C19H21ClN2OS. The Morgan fingerprint density at radius 1 is 1.17 bits per heavy atom. The third kappa shape index (κ3) is 3.61. The Labute approximate surface area is 153 Å². The highest BCUT2D eigenvalue weighted by Crippen LogP contribution is 2.37. The summed E-state index contributed by atoms with van der Waals surface area (Å²) in [5.74, 6) is 2.26. The van der Waals surface area contributed by atoms with Crippen molar-refractivity contribution < 1.29 is 4.79 Å². The van der Waals surface area contributed by atoms with Crippen LogP contribution in [0.5, 0.6) is 0 Å². The van der Waals surface area contributed by atoms with Crippen molar-refractivity contribution in [3.8, 4) is 11.1 Å². The highest BCUT2D eigenvalue weighted by Gasteiger charge is 2.19.